The molecule has 0 aliphatic heterocycles. The molecule has 0 spiro atoms. The van der Waals surface area contributed by atoms with Gasteiger partial charge in [-0.05, 0) is 29.7 Å². The highest BCUT2D eigenvalue weighted by atomic mass is 19.3. The first-order valence-corrected chi connectivity index (χ1v) is 6.12. The van der Waals surface area contributed by atoms with Gasteiger partial charge in [0, 0.05) is 6.04 Å². The van der Waals surface area contributed by atoms with Crippen LogP contribution in [0, 0.1) is 5.41 Å². The standard InChI is InChI=1S/C14H21F2NO/c1-5-17-12(14(2,3)4)10-6-8-11(9-7-10)18-13(15)16/h6-9,12-13,17H,5H2,1-4H3. The quantitative estimate of drug-likeness (QED) is 0.861. The van der Waals surface area contributed by atoms with Crippen molar-refractivity contribution in [3.63, 3.8) is 0 Å². The molecular weight excluding hydrogens is 236 g/mol. The van der Waals surface area contributed by atoms with E-state index in [1.807, 2.05) is 19.1 Å². The van der Waals surface area contributed by atoms with E-state index in [-0.39, 0.29) is 17.2 Å². The van der Waals surface area contributed by atoms with Gasteiger partial charge in [-0.2, -0.15) is 8.78 Å². The van der Waals surface area contributed by atoms with Gasteiger partial charge in [0.1, 0.15) is 5.75 Å². The van der Waals surface area contributed by atoms with E-state index >= 15 is 0 Å². The van der Waals surface area contributed by atoms with Gasteiger partial charge in [0.25, 0.3) is 0 Å². The van der Waals surface area contributed by atoms with E-state index in [0.29, 0.717) is 0 Å². The van der Waals surface area contributed by atoms with Crippen LogP contribution in [0.1, 0.15) is 39.3 Å². The van der Waals surface area contributed by atoms with E-state index in [2.05, 4.69) is 30.8 Å². The highest BCUT2D eigenvalue weighted by molar-refractivity contribution is 5.30. The van der Waals surface area contributed by atoms with Crippen LogP contribution in [0.5, 0.6) is 5.75 Å². The van der Waals surface area contributed by atoms with E-state index in [0.717, 1.165) is 12.1 Å². The number of nitrogens with one attached hydrogen (secondary N) is 1. The molecule has 1 atom stereocenters. The molecule has 0 amide bonds. The lowest BCUT2D eigenvalue weighted by molar-refractivity contribution is -0.0498. The summed E-state index contributed by atoms with van der Waals surface area (Å²) in [5.74, 6) is 0.193. The lowest BCUT2D eigenvalue weighted by atomic mass is 9.82. The van der Waals surface area contributed by atoms with Crippen molar-refractivity contribution in [2.24, 2.45) is 5.41 Å². The summed E-state index contributed by atoms with van der Waals surface area (Å²) in [7, 11) is 0. The highest BCUT2D eigenvalue weighted by Gasteiger charge is 2.25. The monoisotopic (exact) mass is 257 g/mol. The zero-order chi connectivity index (χ0) is 13.8. The molecule has 1 rings (SSSR count). The lowest BCUT2D eigenvalue weighted by Gasteiger charge is -2.32. The summed E-state index contributed by atoms with van der Waals surface area (Å²) in [6.45, 7) is 6.56. The Morgan fingerprint density at radius 2 is 1.72 bits per heavy atom. The van der Waals surface area contributed by atoms with Gasteiger partial charge in [0.2, 0.25) is 0 Å². The SMILES string of the molecule is CCNC(c1ccc(OC(F)F)cc1)C(C)(C)C. The molecule has 102 valence electrons. The maximum absolute atomic E-state index is 12.1. The number of halogens is 2. The fourth-order valence-electron chi connectivity index (χ4n) is 1.97. The number of rotatable bonds is 5. The van der Waals surface area contributed by atoms with Crippen LogP contribution >= 0.6 is 0 Å². The minimum absolute atomic E-state index is 0.0566. The largest absolute Gasteiger partial charge is 0.435 e. The van der Waals surface area contributed by atoms with Gasteiger partial charge >= 0.3 is 6.61 Å². The van der Waals surface area contributed by atoms with Gasteiger partial charge in [0.15, 0.2) is 0 Å². The second kappa shape index (κ2) is 6.14. The van der Waals surface area contributed by atoms with Crippen LogP contribution in [0.4, 0.5) is 8.78 Å². The van der Waals surface area contributed by atoms with Crippen molar-refractivity contribution >= 4 is 0 Å². The molecular formula is C14H21F2NO. The summed E-state index contributed by atoms with van der Waals surface area (Å²) < 4.78 is 28.5. The Kier molecular flexibility index (Phi) is 5.08. The summed E-state index contributed by atoms with van der Waals surface area (Å²) in [5.41, 5.74) is 1.13. The predicted molar refractivity (Wildman–Crippen MR) is 68.9 cm³/mol. The first-order valence-electron chi connectivity index (χ1n) is 6.12. The fourth-order valence-corrected chi connectivity index (χ4v) is 1.97. The summed E-state index contributed by atoms with van der Waals surface area (Å²) >= 11 is 0. The minimum Gasteiger partial charge on any atom is -0.435 e. The Hall–Kier alpha value is -1.16. The second-order valence-corrected chi connectivity index (χ2v) is 5.30. The van der Waals surface area contributed by atoms with Crippen molar-refractivity contribution in [3.05, 3.63) is 29.8 Å². The first-order chi connectivity index (χ1) is 8.34. The second-order valence-electron chi connectivity index (χ2n) is 5.30. The molecule has 0 bridgehead atoms. The third-order valence-corrected chi connectivity index (χ3v) is 2.71. The van der Waals surface area contributed by atoms with Crippen molar-refractivity contribution < 1.29 is 13.5 Å². The molecule has 0 heterocycles. The summed E-state index contributed by atoms with van der Waals surface area (Å²) in [4.78, 5) is 0. The zero-order valence-corrected chi connectivity index (χ0v) is 11.3. The highest BCUT2D eigenvalue weighted by Crippen LogP contribution is 2.33. The van der Waals surface area contributed by atoms with E-state index < -0.39 is 6.61 Å². The summed E-state index contributed by atoms with van der Waals surface area (Å²) in [6, 6.07) is 7.00. The van der Waals surface area contributed by atoms with E-state index in [9.17, 15) is 8.78 Å². The first kappa shape index (κ1) is 14.9. The van der Waals surface area contributed by atoms with Crippen molar-refractivity contribution in [2.45, 2.75) is 40.3 Å². The van der Waals surface area contributed by atoms with Crippen LogP contribution in [0.15, 0.2) is 24.3 Å². The Labute approximate surface area is 107 Å². The minimum atomic E-state index is -2.77. The zero-order valence-electron chi connectivity index (χ0n) is 11.3. The molecule has 0 aromatic heterocycles. The molecule has 0 aliphatic carbocycles. The van der Waals surface area contributed by atoms with Gasteiger partial charge in [-0.1, -0.05) is 39.8 Å². The van der Waals surface area contributed by atoms with Gasteiger partial charge < -0.3 is 10.1 Å². The molecule has 1 unspecified atom stereocenters. The average Bonchev–Trinajstić information content (AvgIpc) is 2.25. The number of benzene rings is 1. The van der Waals surface area contributed by atoms with Gasteiger partial charge in [-0.15, -0.1) is 0 Å². The number of hydrogen-bond acceptors (Lipinski definition) is 2. The fraction of sp³-hybridized carbons (Fsp3) is 0.571. The van der Waals surface area contributed by atoms with E-state index in [1.54, 1.807) is 12.1 Å². The number of alkyl halides is 2. The topological polar surface area (TPSA) is 21.3 Å². The lowest BCUT2D eigenvalue weighted by Crippen LogP contribution is -2.32. The third-order valence-electron chi connectivity index (χ3n) is 2.71. The molecule has 0 saturated heterocycles. The molecule has 0 saturated carbocycles. The van der Waals surface area contributed by atoms with Gasteiger partial charge in [-0.25, -0.2) is 0 Å². The Balaban J connectivity index is 2.87. The molecule has 1 aromatic carbocycles. The van der Waals surface area contributed by atoms with E-state index in [1.165, 1.54) is 0 Å². The maximum atomic E-state index is 12.1. The molecule has 0 aliphatic rings. The predicted octanol–water partition coefficient (Wildman–Crippen LogP) is 3.98. The molecule has 0 fully saturated rings. The van der Waals surface area contributed by atoms with Crippen LogP contribution in [0.2, 0.25) is 0 Å². The molecule has 1 aromatic rings. The Morgan fingerprint density at radius 3 is 2.11 bits per heavy atom. The van der Waals surface area contributed by atoms with Crippen LogP contribution in [0.3, 0.4) is 0 Å². The van der Waals surface area contributed by atoms with Crippen molar-refractivity contribution in [1.29, 1.82) is 0 Å². The van der Waals surface area contributed by atoms with Crippen LogP contribution in [0.25, 0.3) is 0 Å². The van der Waals surface area contributed by atoms with Gasteiger partial charge in [-0.3, -0.25) is 0 Å². The molecule has 1 N–H and O–H groups in total. The average molecular weight is 257 g/mol. The molecule has 18 heavy (non-hydrogen) atoms. The Bertz CT molecular complexity index is 357. The van der Waals surface area contributed by atoms with Crippen LogP contribution in [-0.2, 0) is 0 Å². The molecule has 4 heteroatoms. The summed E-state index contributed by atoms with van der Waals surface area (Å²) in [5, 5.41) is 3.41. The third kappa shape index (κ3) is 4.26. The van der Waals surface area contributed by atoms with Crippen molar-refractivity contribution in [1.82, 2.24) is 5.32 Å². The van der Waals surface area contributed by atoms with Crippen molar-refractivity contribution in [2.75, 3.05) is 6.54 Å². The maximum Gasteiger partial charge on any atom is 0.387 e. The van der Waals surface area contributed by atoms with E-state index in [4.69, 9.17) is 0 Å². The van der Waals surface area contributed by atoms with Crippen molar-refractivity contribution in [3.8, 4) is 5.75 Å². The normalized spacial score (nSPS) is 13.7. The number of ether oxygens (including phenoxy) is 1. The molecule has 0 radical (unpaired) electrons. The van der Waals surface area contributed by atoms with Crippen LogP contribution < -0.4 is 10.1 Å². The molecule has 2 nitrogen and oxygen atoms in total. The van der Waals surface area contributed by atoms with Gasteiger partial charge in [0.05, 0.1) is 0 Å². The number of hydrogen-bond donors (Lipinski definition) is 1. The summed E-state index contributed by atoms with van der Waals surface area (Å²) in [6.07, 6.45) is 0. The smallest absolute Gasteiger partial charge is 0.387 e. The Morgan fingerprint density at radius 1 is 1.17 bits per heavy atom. The van der Waals surface area contributed by atoms with Crippen LogP contribution in [-0.4, -0.2) is 13.2 Å².